The summed E-state index contributed by atoms with van der Waals surface area (Å²) >= 11 is 0. The third kappa shape index (κ3) is 5.99. The van der Waals surface area contributed by atoms with Gasteiger partial charge in [0.15, 0.2) is 8.32 Å². The zero-order valence-corrected chi connectivity index (χ0v) is 20.5. The van der Waals surface area contributed by atoms with Gasteiger partial charge in [0, 0.05) is 6.61 Å². The molecule has 1 heterocycles. The van der Waals surface area contributed by atoms with Crippen molar-refractivity contribution < 1.29 is 37.6 Å². The topological polar surface area (TPSA) is 48.0 Å². The predicted molar refractivity (Wildman–Crippen MR) is 108 cm³/mol. The maximum Gasteiger partial charge on any atom is 1.00 e. The summed E-state index contributed by atoms with van der Waals surface area (Å²) in [7, 11) is -1.87. The maximum absolute atomic E-state index is 12.5. The second-order valence-corrected chi connectivity index (χ2v) is 14.8. The fourth-order valence-electron chi connectivity index (χ4n) is 4.64. The standard InChI is InChI=1S/C20H40NO4Si.Li/c1-15(2)26(16(3)4,17(5)6)25-13-11-12-23-18(22)21-19(7,8)14-24-20(21,9)10;/h12,15-17H,11,13-14H2,1-10H3;/q-1;+1. The van der Waals surface area contributed by atoms with Crippen LogP contribution in [0.1, 0.15) is 75.7 Å². The van der Waals surface area contributed by atoms with Crippen molar-refractivity contribution in [1.82, 2.24) is 4.90 Å². The van der Waals surface area contributed by atoms with Crippen LogP contribution in [-0.2, 0) is 13.9 Å². The molecule has 1 saturated heterocycles. The normalized spacial score (nSPS) is 18.9. The first-order valence-corrected chi connectivity index (χ1v) is 12.0. The molecule has 1 aliphatic heterocycles. The number of carbonyl (C=O) groups excluding carboxylic acids is 1. The van der Waals surface area contributed by atoms with E-state index in [0.717, 1.165) is 0 Å². The summed E-state index contributed by atoms with van der Waals surface area (Å²) in [4.78, 5) is 14.2. The van der Waals surface area contributed by atoms with Gasteiger partial charge in [0.1, 0.15) is 5.72 Å². The van der Waals surface area contributed by atoms with Crippen LogP contribution in [0.4, 0.5) is 4.79 Å². The Kier molecular flexibility index (Phi) is 10.2. The Morgan fingerprint density at radius 1 is 1.07 bits per heavy atom. The van der Waals surface area contributed by atoms with E-state index in [9.17, 15) is 4.79 Å². The molecule has 5 nitrogen and oxygen atoms in total. The van der Waals surface area contributed by atoms with Crippen molar-refractivity contribution in [2.75, 3.05) is 13.2 Å². The van der Waals surface area contributed by atoms with E-state index >= 15 is 0 Å². The molecule has 0 atom stereocenters. The number of ether oxygens (including phenoxy) is 2. The molecule has 0 radical (unpaired) electrons. The van der Waals surface area contributed by atoms with E-state index in [4.69, 9.17) is 13.9 Å². The van der Waals surface area contributed by atoms with Gasteiger partial charge in [-0.1, -0.05) is 41.5 Å². The van der Waals surface area contributed by atoms with Gasteiger partial charge in [-0.3, -0.25) is 4.90 Å². The Bertz CT molecular complexity index is 443. The number of rotatable bonds is 8. The smallest absolute Gasteiger partial charge is 0.621 e. The van der Waals surface area contributed by atoms with Crippen molar-refractivity contribution in [3.63, 3.8) is 0 Å². The molecule has 0 aromatic heterocycles. The summed E-state index contributed by atoms with van der Waals surface area (Å²) in [6.45, 7) is 24.1. The molecular weight excluding hydrogens is 353 g/mol. The minimum atomic E-state index is -1.87. The van der Waals surface area contributed by atoms with Crippen LogP contribution < -0.4 is 18.9 Å². The first-order valence-electron chi connectivity index (χ1n) is 9.89. The summed E-state index contributed by atoms with van der Waals surface area (Å²) in [5, 5.41) is 0. The van der Waals surface area contributed by atoms with Gasteiger partial charge < -0.3 is 13.9 Å². The van der Waals surface area contributed by atoms with Gasteiger partial charge in [0.05, 0.1) is 12.1 Å². The van der Waals surface area contributed by atoms with Crippen LogP contribution >= 0.6 is 0 Å². The third-order valence-corrected chi connectivity index (χ3v) is 11.7. The van der Waals surface area contributed by atoms with Gasteiger partial charge in [0.2, 0.25) is 0 Å². The van der Waals surface area contributed by atoms with Crippen molar-refractivity contribution in [3.8, 4) is 0 Å². The van der Waals surface area contributed by atoms with Crippen molar-refractivity contribution in [2.24, 2.45) is 0 Å². The fraction of sp³-hybridized carbons (Fsp3) is 0.900. The molecule has 0 unspecified atom stereocenters. The Labute approximate surface area is 180 Å². The van der Waals surface area contributed by atoms with Gasteiger partial charge in [-0.2, -0.15) is 6.61 Å². The quantitative estimate of drug-likeness (QED) is 0.361. The molecule has 0 saturated carbocycles. The molecule has 0 aromatic carbocycles. The molecule has 1 aliphatic rings. The van der Waals surface area contributed by atoms with Gasteiger partial charge >= 0.3 is 25.0 Å². The van der Waals surface area contributed by atoms with Crippen molar-refractivity contribution in [1.29, 1.82) is 0 Å². The number of hydrogen-bond donors (Lipinski definition) is 0. The minimum absolute atomic E-state index is 0. The van der Waals surface area contributed by atoms with E-state index in [0.29, 0.717) is 36.3 Å². The Morgan fingerprint density at radius 2 is 1.56 bits per heavy atom. The van der Waals surface area contributed by atoms with Crippen LogP contribution in [0.2, 0.25) is 16.6 Å². The molecule has 0 aromatic rings. The summed E-state index contributed by atoms with van der Waals surface area (Å²) < 4.78 is 17.6. The van der Waals surface area contributed by atoms with Crippen molar-refractivity contribution in [2.45, 2.75) is 104 Å². The zero-order valence-electron chi connectivity index (χ0n) is 19.5. The van der Waals surface area contributed by atoms with Crippen molar-refractivity contribution in [3.05, 3.63) is 6.61 Å². The molecule has 7 heteroatoms. The number of nitrogens with zero attached hydrogens (tertiary/aromatic N) is 1. The zero-order chi connectivity index (χ0) is 20.3. The predicted octanol–water partition coefficient (Wildman–Crippen LogP) is 2.72. The first-order chi connectivity index (χ1) is 11.8. The van der Waals surface area contributed by atoms with Crippen LogP contribution in [0.3, 0.4) is 0 Å². The Hall–Kier alpha value is 0.00429. The summed E-state index contributed by atoms with van der Waals surface area (Å²) in [6.07, 6.45) is 0.236. The number of carbonyl (C=O) groups is 1. The van der Waals surface area contributed by atoms with E-state index in [-0.39, 0.29) is 30.5 Å². The van der Waals surface area contributed by atoms with Gasteiger partial charge in [0.25, 0.3) is 0 Å². The number of amides is 1. The minimum Gasteiger partial charge on any atom is -0.621 e. The van der Waals surface area contributed by atoms with Crippen LogP contribution in [0, 0.1) is 6.61 Å². The van der Waals surface area contributed by atoms with E-state index in [1.807, 2.05) is 27.7 Å². The molecule has 0 spiro atoms. The Morgan fingerprint density at radius 3 is 1.93 bits per heavy atom. The van der Waals surface area contributed by atoms with E-state index in [1.165, 1.54) is 0 Å². The van der Waals surface area contributed by atoms with Gasteiger partial charge in [-0.05, 0) is 44.3 Å². The van der Waals surface area contributed by atoms with Crippen LogP contribution in [0.15, 0.2) is 0 Å². The number of hydrogen-bond acceptors (Lipinski definition) is 4. The Balaban J connectivity index is 0.00000676. The second kappa shape index (κ2) is 10.2. The third-order valence-electron chi connectivity index (χ3n) is 5.58. The molecule has 0 bridgehead atoms. The van der Waals surface area contributed by atoms with Gasteiger partial charge in [-0.25, -0.2) is 4.79 Å². The maximum atomic E-state index is 12.5. The van der Waals surface area contributed by atoms with E-state index in [1.54, 1.807) is 11.5 Å². The first kappa shape index (κ1) is 27.0. The summed E-state index contributed by atoms with van der Waals surface area (Å²) in [5.41, 5.74) is 0.620. The van der Waals surface area contributed by atoms with Crippen LogP contribution in [0.5, 0.6) is 0 Å². The average molecular weight is 394 g/mol. The van der Waals surface area contributed by atoms with E-state index < -0.39 is 14.0 Å². The SMILES string of the molecule is CC(C)[Si](OCC[CH-]OC(=O)N1C(C)(C)COC1(C)C)(C(C)C)C(C)C.[Li+]. The fourth-order valence-corrected chi connectivity index (χ4v) is 10.1. The molecule has 0 N–H and O–H groups in total. The van der Waals surface area contributed by atoms with Crippen LogP contribution in [-0.4, -0.2) is 43.8 Å². The monoisotopic (exact) mass is 393 g/mol. The largest absolute Gasteiger partial charge is 1.00 e. The van der Waals surface area contributed by atoms with Gasteiger partial charge in [-0.15, -0.1) is 6.42 Å². The summed E-state index contributed by atoms with van der Waals surface area (Å²) in [6, 6.07) is 0. The molecule has 1 rings (SSSR count). The second-order valence-electron chi connectivity index (χ2n) is 9.39. The van der Waals surface area contributed by atoms with Crippen LogP contribution in [0.25, 0.3) is 0 Å². The molecule has 154 valence electrons. The molecule has 0 aliphatic carbocycles. The molecule has 27 heavy (non-hydrogen) atoms. The molecule has 1 fully saturated rings. The van der Waals surface area contributed by atoms with Crippen molar-refractivity contribution >= 4 is 14.4 Å². The molecule has 1 amide bonds. The van der Waals surface area contributed by atoms with E-state index in [2.05, 4.69) is 41.5 Å². The average Bonchev–Trinajstić information content (AvgIpc) is 2.69. The molecular formula is C20H40LiNO4Si. The summed E-state index contributed by atoms with van der Waals surface area (Å²) in [5.74, 6) is 0.